The number of hydrogen-bond acceptors (Lipinski definition) is 4. The molecule has 0 amide bonds. The Labute approximate surface area is 92.9 Å². The van der Waals surface area contributed by atoms with Crippen LogP contribution in [0.25, 0.3) is 0 Å². The molecule has 1 aromatic carbocycles. The van der Waals surface area contributed by atoms with Crippen LogP contribution in [0.4, 0.5) is 0 Å². The number of nitrogens with zero attached hydrogens (tertiary/aromatic N) is 2. The van der Waals surface area contributed by atoms with Gasteiger partial charge in [-0.15, -0.1) is 0 Å². The Kier molecular flexibility index (Phi) is 2.91. The second-order valence-electron chi connectivity index (χ2n) is 3.31. The van der Waals surface area contributed by atoms with E-state index < -0.39 is 0 Å². The van der Waals surface area contributed by atoms with E-state index in [1.807, 2.05) is 31.2 Å². The summed E-state index contributed by atoms with van der Waals surface area (Å²) in [6, 6.07) is 9.07. The summed E-state index contributed by atoms with van der Waals surface area (Å²) in [6.45, 7) is 2.00. The molecule has 2 aromatic rings. The highest BCUT2D eigenvalue weighted by Crippen LogP contribution is 2.19. The van der Waals surface area contributed by atoms with Gasteiger partial charge in [0, 0.05) is 6.07 Å². The third kappa shape index (κ3) is 2.42. The Balaban J connectivity index is 2.20. The van der Waals surface area contributed by atoms with E-state index in [0.29, 0.717) is 23.6 Å². The molecule has 0 N–H and O–H groups in total. The summed E-state index contributed by atoms with van der Waals surface area (Å²) in [4.78, 5) is 18.2. The van der Waals surface area contributed by atoms with Crippen LogP contribution in [0.2, 0.25) is 0 Å². The number of aldehydes is 1. The van der Waals surface area contributed by atoms with Crippen LogP contribution in [-0.4, -0.2) is 16.3 Å². The molecule has 0 saturated carbocycles. The molecule has 0 spiro atoms. The third-order valence-electron chi connectivity index (χ3n) is 2.03. The minimum absolute atomic E-state index is 0.303. The van der Waals surface area contributed by atoms with Gasteiger partial charge in [-0.3, -0.25) is 4.79 Å². The lowest BCUT2D eigenvalue weighted by Crippen LogP contribution is -1.92. The first-order valence-corrected chi connectivity index (χ1v) is 4.79. The van der Waals surface area contributed by atoms with E-state index in [-0.39, 0.29) is 0 Å². The molecule has 0 atom stereocenters. The molecule has 0 bridgehead atoms. The maximum absolute atomic E-state index is 10.5. The standard InChI is InChI=1S/C12H10N2O2/c1-9-2-4-11(5-3-9)16-12-6-10(7-15)13-8-14-12/h2-8H,1H3. The van der Waals surface area contributed by atoms with Crippen LogP contribution in [-0.2, 0) is 0 Å². The fourth-order valence-electron chi connectivity index (χ4n) is 1.20. The van der Waals surface area contributed by atoms with E-state index >= 15 is 0 Å². The van der Waals surface area contributed by atoms with E-state index in [2.05, 4.69) is 9.97 Å². The van der Waals surface area contributed by atoms with Crippen molar-refractivity contribution in [2.75, 3.05) is 0 Å². The van der Waals surface area contributed by atoms with Gasteiger partial charge in [-0.05, 0) is 19.1 Å². The van der Waals surface area contributed by atoms with Crippen molar-refractivity contribution >= 4 is 6.29 Å². The first kappa shape index (κ1) is 10.3. The van der Waals surface area contributed by atoms with Gasteiger partial charge in [0.1, 0.15) is 17.8 Å². The van der Waals surface area contributed by atoms with Gasteiger partial charge < -0.3 is 4.74 Å². The number of aryl methyl sites for hydroxylation is 1. The molecule has 0 aliphatic rings. The SMILES string of the molecule is Cc1ccc(Oc2cc(C=O)ncn2)cc1. The van der Waals surface area contributed by atoms with Crippen LogP contribution < -0.4 is 4.74 Å². The van der Waals surface area contributed by atoms with Crippen molar-refractivity contribution in [1.29, 1.82) is 0 Å². The summed E-state index contributed by atoms with van der Waals surface area (Å²) in [6.07, 6.45) is 1.96. The summed E-state index contributed by atoms with van der Waals surface area (Å²) in [7, 11) is 0. The van der Waals surface area contributed by atoms with Crippen molar-refractivity contribution in [1.82, 2.24) is 9.97 Å². The monoisotopic (exact) mass is 214 g/mol. The first-order chi connectivity index (χ1) is 7.78. The van der Waals surface area contributed by atoms with Crippen LogP contribution in [0.3, 0.4) is 0 Å². The number of aromatic nitrogens is 2. The Morgan fingerprint density at radius 2 is 1.94 bits per heavy atom. The van der Waals surface area contributed by atoms with E-state index in [1.54, 1.807) is 0 Å². The van der Waals surface area contributed by atoms with Crippen LogP contribution in [0.5, 0.6) is 11.6 Å². The second kappa shape index (κ2) is 4.53. The normalized spacial score (nSPS) is 9.81. The third-order valence-corrected chi connectivity index (χ3v) is 2.03. The van der Waals surface area contributed by atoms with Crippen molar-refractivity contribution in [3.8, 4) is 11.6 Å². The lowest BCUT2D eigenvalue weighted by Gasteiger charge is -2.04. The summed E-state index contributed by atoms with van der Waals surface area (Å²) in [5, 5.41) is 0. The molecule has 0 saturated heterocycles. The van der Waals surface area contributed by atoms with Gasteiger partial charge in [-0.25, -0.2) is 9.97 Å². The molecule has 4 heteroatoms. The summed E-state index contributed by atoms with van der Waals surface area (Å²) < 4.78 is 5.47. The Bertz CT molecular complexity index is 495. The van der Waals surface area contributed by atoms with Gasteiger partial charge >= 0.3 is 0 Å². The predicted octanol–water partition coefficient (Wildman–Crippen LogP) is 2.39. The molecule has 0 radical (unpaired) electrons. The summed E-state index contributed by atoms with van der Waals surface area (Å²) in [5.74, 6) is 1.04. The van der Waals surface area contributed by atoms with E-state index in [1.165, 1.54) is 12.4 Å². The minimum Gasteiger partial charge on any atom is -0.439 e. The van der Waals surface area contributed by atoms with Crippen LogP contribution in [0.1, 0.15) is 16.1 Å². The van der Waals surface area contributed by atoms with Crippen molar-refractivity contribution < 1.29 is 9.53 Å². The van der Waals surface area contributed by atoms with Gasteiger partial charge in [0.05, 0.1) is 0 Å². The molecule has 1 heterocycles. The van der Waals surface area contributed by atoms with Gasteiger partial charge in [0.25, 0.3) is 0 Å². The lowest BCUT2D eigenvalue weighted by molar-refractivity contribution is 0.111. The van der Waals surface area contributed by atoms with Crippen molar-refractivity contribution in [2.45, 2.75) is 6.92 Å². The average molecular weight is 214 g/mol. The Morgan fingerprint density at radius 3 is 2.62 bits per heavy atom. The number of hydrogen-bond donors (Lipinski definition) is 0. The molecule has 1 aromatic heterocycles. The van der Waals surface area contributed by atoms with Crippen LogP contribution >= 0.6 is 0 Å². The highest BCUT2D eigenvalue weighted by Gasteiger charge is 2.00. The van der Waals surface area contributed by atoms with E-state index in [4.69, 9.17) is 4.74 Å². The van der Waals surface area contributed by atoms with Gasteiger partial charge in [-0.1, -0.05) is 17.7 Å². The van der Waals surface area contributed by atoms with Gasteiger partial charge in [-0.2, -0.15) is 0 Å². The molecule has 0 unspecified atom stereocenters. The Morgan fingerprint density at radius 1 is 1.19 bits per heavy atom. The highest BCUT2D eigenvalue weighted by molar-refractivity contribution is 5.71. The van der Waals surface area contributed by atoms with E-state index in [9.17, 15) is 4.79 Å². The zero-order valence-corrected chi connectivity index (χ0v) is 8.75. The summed E-state index contributed by atoms with van der Waals surface area (Å²) in [5.41, 5.74) is 1.46. The minimum atomic E-state index is 0.303. The largest absolute Gasteiger partial charge is 0.439 e. The Hall–Kier alpha value is -2.23. The van der Waals surface area contributed by atoms with Crippen molar-refractivity contribution in [3.63, 3.8) is 0 Å². The van der Waals surface area contributed by atoms with Crippen molar-refractivity contribution in [2.24, 2.45) is 0 Å². The van der Waals surface area contributed by atoms with E-state index in [0.717, 1.165) is 5.56 Å². The number of carbonyl (C=O) groups excluding carboxylic acids is 1. The topological polar surface area (TPSA) is 52.1 Å². The summed E-state index contributed by atoms with van der Waals surface area (Å²) >= 11 is 0. The lowest BCUT2D eigenvalue weighted by atomic mass is 10.2. The zero-order chi connectivity index (χ0) is 11.4. The maximum Gasteiger partial charge on any atom is 0.222 e. The molecule has 0 fully saturated rings. The number of benzene rings is 1. The fourth-order valence-corrected chi connectivity index (χ4v) is 1.20. The highest BCUT2D eigenvalue weighted by atomic mass is 16.5. The fraction of sp³-hybridized carbons (Fsp3) is 0.0833. The molecule has 0 aliphatic heterocycles. The zero-order valence-electron chi connectivity index (χ0n) is 8.75. The average Bonchev–Trinajstić information content (AvgIpc) is 2.32. The van der Waals surface area contributed by atoms with Crippen LogP contribution in [0.15, 0.2) is 36.7 Å². The van der Waals surface area contributed by atoms with Crippen LogP contribution in [0, 0.1) is 6.92 Å². The quantitative estimate of drug-likeness (QED) is 0.736. The molecule has 4 nitrogen and oxygen atoms in total. The molecular weight excluding hydrogens is 204 g/mol. The molecular formula is C12H10N2O2. The van der Waals surface area contributed by atoms with Crippen molar-refractivity contribution in [3.05, 3.63) is 47.9 Å². The molecule has 16 heavy (non-hydrogen) atoms. The number of carbonyl (C=O) groups is 1. The maximum atomic E-state index is 10.5. The van der Waals surface area contributed by atoms with Gasteiger partial charge in [0.2, 0.25) is 5.88 Å². The predicted molar refractivity (Wildman–Crippen MR) is 58.7 cm³/mol. The first-order valence-electron chi connectivity index (χ1n) is 4.79. The molecule has 80 valence electrons. The molecule has 2 rings (SSSR count). The number of ether oxygens (including phenoxy) is 1. The van der Waals surface area contributed by atoms with Gasteiger partial charge in [0.15, 0.2) is 6.29 Å². The number of rotatable bonds is 3. The second-order valence-corrected chi connectivity index (χ2v) is 3.31. The molecule has 0 aliphatic carbocycles. The smallest absolute Gasteiger partial charge is 0.222 e.